The number of aryl methyl sites for hydroxylation is 1. The van der Waals surface area contributed by atoms with Crippen LogP contribution in [0.5, 0.6) is 0 Å². The van der Waals surface area contributed by atoms with Crippen molar-refractivity contribution in [2.75, 3.05) is 11.9 Å². The van der Waals surface area contributed by atoms with E-state index in [1.54, 1.807) is 55.5 Å². The number of furan rings is 1. The molecule has 1 saturated heterocycles. The van der Waals surface area contributed by atoms with Crippen molar-refractivity contribution in [2.45, 2.75) is 6.92 Å². The molecular weight excluding hydrogens is 520 g/mol. The van der Waals surface area contributed by atoms with Gasteiger partial charge in [-0.2, -0.15) is 4.98 Å². The molecule has 0 unspecified atom stereocenters. The fourth-order valence-corrected chi connectivity index (χ4v) is 4.79. The van der Waals surface area contributed by atoms with Gasteiger partial charge in [-0.05, 0) is 60.7 Å². The van der Waals surface area contributed by atoms with Gasteiger partial charge in [0.15, 0.2) is 0 Å². The zero-order valence-electron chi connectivity index (χ0n) is 18.7. The molecule has 2 amide bonds. The Kier molecular flexibility index (Phi) is 6.73. The highest BCUT2D eigenvalue weighted by Gasteiger charge is 2.33. The topological polar surface area (TPSA) is 101 Å². The van der Waals surface area contributed by atoms with Gasteiger partial charge < -0.3 is 14.3 Å². The number of thiocarbonyl (C=S) groups is 1. The average molecular weight is 537 g/mol. The van der Waals surface area contributed by atoms with Gasteiger partial charge in [0.1, 0.15) is 22.4 Å². The van der Waals surface area contributed by atoms with Gasteiger partial charge in [0.25, 0.3) is 5.91 Å². The number of amides is 2. The minimum Gasteiger partial charge on any atom is -0.457 e. The van der Waals surface area contributed by atoms with Crippen LogP contribution >= 0.6 is 35.6 Å². The van der Waals surface area contributed by atoms with Crippen LogP contribution in [0.4, 0.5) is 5.69 Å². The van der Waals surface area contributed by atoms with Gasteiger partial charge >= 0.3 is 0 Å². The minimum atomic E-state index is -0.376. The molecule has 1 aliphatic heterocycles. The van der Waals surface area contributed by atoms with E-state index in [-0.39, 0.29) is 18.4 Å². The van der Waals surface area contributed by atoms with Crippen molar-refractivity contribution >= 4 is 63.5 Å². The number of hydrogen-bond donors (Lipinski definition) is 1. The maximum Gasteiger partial charge on any atom is 0.266 e. The number of thioether (sulfide) groups is 1. The molecular formula is C25H17ClN4O4S2. The molecule has 36 heavy (non-hydrogen) atoms. The third-order valence-corrected chi connectivity index (χ3v) is 6.79. The molecule has 2 aromatic carbocycles. The zero-order chi connectivity index (χ0) is 25.2. The highest BCUT2D eigenvalue weighted by molar-refractivity contribution is 8.26. The highest BCUT2D eigenvalue weighted by atomic mass is 35.5. The van der Waals surface area contributed by atoms with Crippen molar-refractivity contribution in [1.29, 1.82) is 0 Å². The number of nitrogens with zero attached hydrogens (tertiary/aromatic N) is 3. The summed E-state index contributed by atoms with van der Waals surface area (Å²) < 4.78 is 11.1. The predicted molar refractivity (Wildman–Crippen MR) is 142 cm³/mol. The second kappa shape index (κ2) is 10.1. The number of nitrogens with one attached hydrogen (secondary N) is 1. The van der Waals surface area contributed by atoms with Crippen LogP contribution in [0.25, 0.3) is 28.8 Å². The molecule has 0 saturated carbocycles. The zero-order valence-corrected chi connectivity index (χ0v) is 21.1. The van der Waals surface area contributed by atoms with Crippen molar-refractivity contribution in [3.63, 3.8) is 0 Å². The SMILES string of the molecule is Cc1nc(-c2ccc(NC(=O)CN3C(=O)/C(=C\c4ccc(-c5ccc(Cl)cc5)o4)SC3=S)cc2)no1. The third-order valence-electron chi connectivity index (χ3n) is 5.16. The van der Waals surface area contributed by atoms with E-state index in [2.05, 4.69) is 15.5 Å². The first-order valence-corrected chi connectivity index (χ1v) is 12.3. The summed E-state index contributed by atoms with van der Waals surface area (Å²) >= 11 is 12.4. The van der Waals surface area contributed by atoms with Gasteiger partial charge in [0.05, 0.1) is 4.91 Å². The van der Waals surface area contributed by atoms with Crippen LogP contribution in [0.1, 0.15) is 11.7 Å². The lowest BCUT2D eigenvalue weighted by Crippen LogP contribution is -2.36. The maximum atomic E-state index is 12.9. The summed E-state index contributed by atoms with van der Waals surface area (Å²) in [5, 5.41) is 7.27. The number of carbonyl (C=O) groups excluding carboxylic acids is 2. The van der Waals surface area contributed by atoms with Crippen molar-refractivity contribution in [1.82, 2.24) is 15.0 Å². The number of carbonyl (C=O) groups is 2. The first-order valence-electron chi connectivity index (χ1n) is 10.7. The third kappa shape index (κ3) is 5.25. The van der Waals surface area contributed by atoms with Gasteiger partial charge in [-0.3, -0.25) is 14.5 Å². The van der Waals surface area contributed by atoms with Crippen LogP contribution in [0.2, 0.25) is 5.02 Å². The molecule has 2 aromatic heterocycles. The summed E-state index contributed by atoms with van der Waals surface area (Å²) in [7, 11) is 0. The molecule has 3 heterocycles. The van der Waals surface area contributed by atoms with Crippen LogP contribution in [-0.4, -0.2) is 37.7 Å². The molecule has 180 valence electrons. The summed E-state index contributed by atoms with van der Waals surface area (Å²) in [4.78, 5) is 31.3. The second-order valence-electron chi connectivity index (χ2n) is 7.74. The Balaban J connectivity index is 1.22. The number of rotatable bonds is 6. The fraction of sp³-hybridized carbons (Fsp3) is 0.0800. The van der Waals surface area contributed by atoms with Gasteiger partial charge in [0.2, 0.25) is 17.6 Å². The summed E-state index contributed by atoms with van der Waals surface area (Å²) in [6.45, 7) is 1.50. The molecule has 8 nitrogen and oxygen atoms in total. The molecule has 1 fully saturated rings. The summed E-state index contributed by atoms with van der Waals surface area (Å²) in [6, 6.07) is 17.8. The lowest BCUT2D eigenvalue weighted by Gasteiger charge is -2.14. The predicted octanol–water partition coefficient (Wildman–Crippen LogP) is 5.80. The molecule has 0 atom stereocenters. The molecule has 0 spiro atoms. The van der Waals surface area contributed by atoms with Crippen molar-refractivity contribution in [3.8, 4) is 22.7 Å². The van der Waals surface area contributed by atoms with Crippen LogP contribution in [0, 0.1) is 6.92 Å². The van der Waals surface area contributed by atoms with E-state index in [4.69, 9.17) is 32.8 Å². The van der Waals surface area contributed by atoms with Crippen molar-refractivity contribution in [2.24, 2.45) is 0 Å². The van der Waals surface area contributed by atoms with E-state index in [9.17, 15) is 9.59 Å². The van der Waals surface area contributed by atoms with Gasteiger partial charge in [-0.15, -0.1) is 0 Å². The molecule has 0 radical (unpaired) electrons. The Bertz CT molecular complexity index is 1490. The van der Waals surface area contributed by atoms with Crippen LogP contribution in [0.3, 0.4) is 0 Å². The molecule has 0 bridgehead atoms. The minimum absolute atomic E-state index is 0.206. The maximum absolute atomic E-state index is 12.9. The average Bonchev–Trinajstić information content (AvgIpc) is 3.57. The smallest absolute Gasteiger partial charge is 0.266 e. The molecule has 11 heteroatoms. The second-order valence-corrected chi connectivity index (χ2v) is 9.85. The van der Waals surface area contributed by atoms with E-state index < -0.39 is 0 Å². The first-order chi connectivity index (χ1) is 17.4. The molecule has 1 N–H and O–H groups in total. The largest absolute Gasteiger partial charge is 0.457 e. The molecule has 1 aliphatic rings. The van der Waals surface area contributed by atoms with E-state index >= 15 is 0 Å². The van der Waals surface area contributed by atoms with Gasteiger partial charge in [-0.1, -0.05) is 40.7 Å². The molecule has 5 rings (SSSR count). The van der Waals surface area contributed by atoms with Crippen molar-refractivity contribution < 1.29 is 18.5 Å². The normalized spacial score (nSPS) is 14.6. The number of hydrogen-bond acceptors (Lipinski definition) is 8. The Labute approximate surface area is 220 Å². The van der Waals surface area contributed by atoms with E-state index in [0.29, 0.717) is 43.2 Å². The lowest BCUT2D eigenvalue weighted by atomic mass is 10.2. The summed E-state index contributed by atoms with van der Waals surface area (Å²) in [6.07, 6.45) is 1.62. The van der Waals surface area contributed by atoms with Gasteiger partial charge in [0, 0.05) is 34.8 Å². The number of benzene rings is 2. The summed E-state index contributed by atoms with van der Waals surface area (Å²) in [5.41, 5.74) is 2.18. The monoisotopic (exact) mass is 536 g/mol. The standard InChI is InChI=1S/C25H17ClN4O4S2/c1-14-27-23(29-34-14)16-4-8-18(9-5-16)28-22(31)13-30-24(32)21(36-25(30)35)12-19-10-11-20(33-19)15-2-6-17(26)7-3-15/h2-12H,13H2,1H3,(H,28,31)/b21-12+. The Morgan fingerprint density at radius 3 is 2.53 bits per heavy atom. The highest BCUT2D eigenvalue weighted by Crippen LogP contribution is 2.33. The van der Waals surface area contributed by atoms with Crippen molar-refractivity contribution in [3.05, 3.63) is 82.2 Å². The molecule has 4 aromatic rings. The quantitative estimate of drug-likeness (QED) is 0.244. The van der Waals surface area contributed by atoms with E-state index in [1.807, 2.05) is 18.2 Å². The van der Waals surface area contributed by atoms with Crippen LogP contribution < -0.4 is 5.32 Å². The van der Waals surface area contributed by atoms with Gasteiger partial charge in [-0.25, -0.2) is 0 Å². The fourth-order valence-electron chi connectivity index (χ4n) is 3.43. The number of anilines is 1. The van der Waals surface area contributed by atoms with Crippen LogP contribution in [0.15, 0.2) is 74.5 Å². The van der Waals surface area contributed by atoms with Crippen LogP contribution in [-0.2, 0) is 9.59 Å². The Morgan fingerprint density at radius 1 is 1.11 bits per heavy atom. The first kappa shape index (κ1) is 24.0. The Morgan fingerprint density at radius 2 is 1.83 bits per heavy atom. The van der Waals surface area contributed by atoms with E-state index in [1.165, 1.54) is 4.90 Å². The molecule has 0 aliphatic carbocycles. The van der Waals surface area contributed by atoms with E-state index in [0.717, 1.165) is 22.9 Å². The number of halogens is 1. The number of aromatic nitrogens is 2. The Hall–Kier alpha value is -3.73. The lowest BCUT2D eigenvalue weighted by molar-refractivity contribution is -0.126. The summed E-state index contributed by atoms with van der Waals surface area (Å²) in [5.74, 6) is 1.35.